The van der Waals surface area contributed by atoms with Crippen molar-refractivity contribution in [1.29, 1.82) is 0 Å². The van der Waals surface area contributed by atoms with E-state index in [1.807, 2.05) is 41.8 Å². The van der Waals surface area contributed by atoms with E-state index in [1.54, 1.807) is 13.3 Å². The van der Waals surface area contributed by atoms with Crippen LogP contribution in [0.2, 0.25) is 0 Å². The Morgan fingerprint density at radius 2 is 2.06 bits per heavy atom. The predicted molar refractivity (Wildman–Crippen MR) is 70.2 cm³/mol. The molecule has 0 unspecified atom stereocenters. The number of imidazole rings is 1. The fourth-order valence-corrected chi connectivity index (χ4v) is 2.01. The van der Waals surface area contributed by atoms with Crippen molar-refractivity contribution in [2.24, 2.45) is 0 Å². The van der Waals surface area contributed by atoms with Crippen molar-refractivity contribution in [3.8, 4) is 11.8 Å². The largest absolute Gasteiger partial charge is 0.468 e. The van der Waals surface area contributed by atoms with Gasteiger partial charge in [0.1, 0.15) is 5.82 Å². The van der Waals surface area contributed by atoms with Crippen LogP contribution in [0.4, 0.5) is 0 Å². The van der Waals surface area contributed by atoms with Crippen molar-refractivity contribution in [3.63, 3.8) is 0 Å². The van der Waals surface area contributed by atoms with Gasteiger partial charge in [-0.25, -0.2) is 9.55 Å². The molecular formula is C14H13N3O. The first-order valence-corrected chi connectivity index (χ1v) is 5.74. The lowest BCUT2D eigenvalue weighted by Gasteiger charge is -2.06. The van der Waals surface area contributed by atoms with Gasteiger partial charge in [0.25, 0.3) is 0 Å². The topological polar surface area (TPSA) is 39.9 Å². The Kier molecular flexibility index (Phi) is 2.48. The van der Waals surface area contributed by atoms with Gasteiger partial charge in [-0.3, -0.25) is 0 Å². The van der Waals surface area contributed by atoms with E-state index in [0.29, 0.717) is 6.01 Å². The molecule has 0 bridgehead atoms. The standard InChI is InChI=1S/C14H13N3O/c1-10-6-7-12-11(9-10)16-14(18-2)17(12)13-5-3-4-8-15-13/h3-9H,1-2H3. The van der Waals surface area contributed by atoms with E-state index in [2.05, 4.69) is 16.0 Å². The first-order chi connectivity index (χ1) is 8.79. The fourth-order valence-electron chi connectivity index (χ4n) is 2.01. The van der Waals surface area contributed by atoms with Crippen LogP contribution in [-0.2, 0) is 0 Å². The molecule has 90 valence electrons. The van der Waals surface area contributed by atoms with Crippen molar-refractivity contribution in [2.75, 3.05) is 7.11 Å². The third-order valence-electron chi connectivity index (χ3n) is 2.84. The number of fused-ring (bicyclic) bond motifs is 1. The van der Waals surface area contributed by atoms with Gasteiger partial charge in [0.2, 0.25) is 0 Å². The second-order valence-corrected chi connectivity index (χ2v) is 4.11. The minimum absolute atomic E-state index is 0.550. The molecule has 0 aliphatic carbocycles. The molecule has 0 saturated carbocycles. The lowest BCUT2D eigenvalue weighted by Crippen LogP contribution is -2.00. The maximum Gasteiger partial charge on any atom is 0.303 e. The van der Waals surface area contributed by atoms with E-state index in [4.69, 9.17) is 4.74 Å². The van der Waals surface area contributed by atoms with Crippen LogP contribution in [0.15, 0.2) is 42.6 Å². The number of pyridine rings is 1. The third-order valence-corrected chi connectivity index (χ3v) is 2.84. The van der Waals surface area contributed by atoms with Crippen molar-refractivity contribution in [3.05, 3.63) is 48.2 Å². The average Bonchev–Trinajstić information content (AvgIpc) is 2.77. The van der Waals surface area contributed by atoms with E-state index >= 15 is 0 Å². The van der Waals surface area contributed by atoms with Crippen molar-refractivity contribution >= 4 is 11.0 Å². The molecule has 4 nitrogen and oxygen atoms in total. The molecule has 3 rings (SSSR count). The molecule has 0 atom stereocenters. The summed E-state index contributed by atoms with van der Waals surface area (Å²) in [4.78, 5) is 8.81. The molecule has 0 amide bonds. The quantitative estimate of drug-likeness (QED) is 0.690. The Morgan fingerprint density at radius 3 is 2.78 bits per heavy atom. The molecule has 2 heterocycles. The van der Waals surface area contributed by atoms with Gasteiger partial charge in [-0.2, -0.15) is 4.98 Å². The number of hydrogen-bond acceptors (Lipinski definition) is 3. The van der Waals surface area contributed by atoms with Gasteiger partial charge in [0.05, 0.1) is 18.1 Å². The van der Waals surface area contributed by atoms with Crippen LogP contribution in [0.5, 0.6) is 6.01 Å². The van der Waals surface area contributed by atoms with Crippen molar-refractivity contribution < 1.29 is 4.74 Å². The van der Waals surface area contributed by atoms with Gasteiger partial charge >= 0.3 is 6.01 Å². The van der Waals surface area contributed by atoms with E-state index in [9.17, 15) is 0 Å². The lowest BCUT2D eigenvalue weighted by atomic mass is 10.2. The first-order valence-electron chi connectivity index (χ1n) is 5.74. The maximum atomic E-state index is 5.34. The molecule has 0 aliphatic heterocycles. The van der Waals surface area contributed by atoms with Crippen LogP contribution in [-0.4, -0.2) is 21.6 Å². The normalized spacial score (nSPS) is 10.8. The smallest absolute Gasteiger partial charge is 0.303 e. The number of aryl methyl sites for hydroxylation is 1. The van der Waals surface area contributed by atoms with Gasteiger partial charge in [-0.15, -0.1) is 0 Å². The molecule has 4 heteroatoms. The zero-order valence-corrected chi connectivity index (χ0v) is 10.3. The molecule has 0 spiro atoms. The van der Waals surface area contributed by atoms with Crippen LogP contribution < -0.4 is 4.74 Å². The zero-order valence-electron chi connectivity index (χ0n) is 10.3. The highest BCUT2D eigenvalue weighted by Crippen LogP contribution is 2.25. The van der Waals surface area contributed by atoms with Gasteiger partial charge in [-0.1, -0.05) is 12.1 Å². The molecule has 0 aliphatic rings. The second-order valence-electron chi connectivity index (χ2n) is 4.11. The van der Waals surface area contributed by atoms with Crippen molar-refractivity contribution in [1.82, 2.24) is 14.5 Å². The van der Waals surface area contributed by atoms with Crippen LogP contribution in [0, 0.1) is 6.92 Å². The van der Waals surface area contributed by atoms with E-state index < -0.39 is 0 Å². The summed E-state index contributed by atoms with van der Waals surface area (Å²) >= 11 is 0. The Labute approximate surface area is 105 Å². The number of rotatable bonds is 2. The monoisotopic (exact) mass is 239 g/mol. The predicted octanol–water partition coefficient (Wildman–Crippen LogP) is 2.74. The Bertz CT molecular complexity index is 689. The van der Waals surface area contributed by atoms with Gasteiger partial charge in [0.15, 0.2) is 0 Å². The Balaban J connectivity index is 2.33. The minimum Gasteiger partial charge on any atom is -0.468 e. The molecule has 3 aromatic rings. The van der Waals surface area contributed by atoms with E-state index in [0.717, 1.165) is 16.9 Å². The first kappa shape index (κ1) is 10.8. The van der Waals surface area contributed by atoms with E-state index in [1.165, 1.54) is 5.56 Å². The zero-order chi connectivity index (χ0) is 12.5. The summed E-state index contributed by atoms with van der Waals surface area (Å²) < 4.78 is 7.25. The van der Waals surface area contributed by atoms with Crippen molar-refractivity contribution in [2.45, 2.75) is 6.92 Å². The molecule has 0 fully saturated rings. The van der Waals surface area contributed by atoms with Gasteiger partial charge < -0.3 is 4.74 Å². The highest BCUT2D eigenvalue weighted by atomic mass is 16.5. The van der Waals surface area contributed by atoms with Gasteiger partial charge in [-0.05, 0) is 36.8 Å². The van der Waals surface area contributed by atoms with Crippen LogP contribution >= 0.6 is 0 Å². The van der Waals surface area contributed by atoms with Gasteiger partial charge in [0, 0.05) is 6.20 Å². The molecular weight excluding hydrogens is 226 g/mol. The fraction of sp³-hybridized carbons (Fsp3) is 0.143. The minimum atomic E-state index is 0.550. The summed E-state index contributed by atoms with van der Waals surface area (Å²) in [5.41, 5.74) is 3.09. The number of aromatic nitrogens is 3. The number of ether oxygens (including phenoxy) is 1. The summed E-state index contributed by atoms with van der Waals surface area (Å²) in [5, 5.41) is 0. The Morgan fingerprint density at radius 1 is 1.17 bits per heavy atom. The number of benzene rings is 1. The summed E-state index contributed by atoms with van der Waals surface area (Å²) in [6, 6.07) is 12.5. The molecule has 1 aromatic carbocycles. The van der Waals surface area contributed by atoms with Crippen LogP contribution in [0.1, 0.15) is 5.56 Å². The summed E-state index contributed by atoms with van der Waals surface area (Å²) in [6.07, 6.45) is 1.76. The van der Waals surface area contributed by atoms with Crippen LogP contribution in [0.3, 0.4) is 0 Å². The number of methoxy groups -OCH3 is 1. The highest BCUT2D eigenvalue weighted by molar-refractivity contribution is 5.79. The Hall–Kier alpha value is -2.36. The third kappa shape index (κ3) is 1.62. The molecule has 0 saturated heterocycles. The molecule has 0 N–H and O–H groups in total. The summed E-state index contributed by atoms with van der Waals surface area (Å²) in [7, 11) is 1.62. The maximum absolute atomic E-state index is 5.34. The van der Waals surface area contributed by atoms with E-state index in [-0.39, 0.29) is 0 Å². The molecule has 18 heavy (non-hydrogen) atoms. The molecule has 0 radical (unpaired) electrons. The lowest BCUT2D eigenvalue weighted by molar-refractivity contribution is 0.375. The summed E-state index contributed by atoms with van der Waals surface area (Å²) in [5.74, 6) is 0.806. The number of nitrogens with zero attached hydrogens (tertiary/aromatic N) is 3. The SMILES string of the molecule is COc1nc2cc(C)ccc2n1-c1ccccn1. The molecule has 2 aromatic heterocycles. The number of hydrogen-bond donors (Lipinski definition) is 0. The highest BCUT2D eigenvalue weighted by Gasteiger charge is 2.13. The average molecular weight is 239 g/mol. The summed E-state index contributed by atoms with van der Waals surface area (Å²) in [6.45, 7) is 2.05. The second kappa shape index (κ2) is 4.14. The van der Waals surface area contributed by atoms with Crippen LogP contribution in [0.25, 0.3) is 16.9 Å².